The lowest BCUT2D eigenvalue weighted by atomic mass is 10.2. The second-order valence-electron chi connectivity index (χ2n) is 4.96. The highest BCUT2D eigenvalue weighted by molar-refractivity contribution is 7.89. The molecule has 0 radical (unpaired) electrons. The highest BCUT2D eigenvalue weighted by Gasteiger charge is 2.25. The number of carbonyl (C=O) groups is 2. The van der Waals surface area contributed by atoms with Crippen LogP contribution in [0, 0.1) is 0 Å². The van der Waals surface area contributed by atoms with E-state index in [2.05, 4.69) is 0 Å². The fourth-order valence-corrected chi connectivity index (χ4v) is 3.11. The van der Waals surface area contributed by atoms with Crippen molar-refractivity contribution in [1.29, 1.82) is 0 Å². The minimum Gasteiger partial charge on any atom is -0.493 e. The molecule has 0 fully saturated rings. The Kier molecular flexibility index (Phi) is 6.21. The highest BCUT2D eigenvalue weighted by Crippen LogP contribution is 2.35. The van der Waals surface area contributed by atoms with Gasteiger partial charge in [-0.3, -0.25) is 10.2 Å². The number of rotatable bonds is 8. The SMILES string of the molecule is COc1cc(/C=C/C(=O)O)cc(S(=O)(=O)NNC(=O)c2ccco2)c1OC. The first kappa shape index (κ1) is 20.0. The maximum atomic E-state index is 12.6. The van der Waals surface area contributed by atoms with E-state index in [1.54, 1.807) is 0 Å². The number of hydrogen-bond donors (Lipinski definition) is 3. The van der Waals surface area contributed by atoms with Crippen LogP contribution in [0.15, 0.2) is 45.9 Å². The minimum absolute atomic E-state index is 0.0581. The molecule has 27 heavy (non-hydrogen) atoms. The largest absolute Gasteiger partial charge is 0.493 e. The van der Waals surface area contributed by atoms with Crippen LogP contribution in [0.4, 0.5) is 0 Å². The molecule has 0 aliphatic carbocycles. The van der Waals surface area contributed by atoms with Gasteiger partial charge < -0.3 is 19.0 Å². The molecule has 10 nitrogen and oxygen atoms in total. The molecule has 1 aromatic carbocycles. The molecule has 2 aromatic rings. The number of furan rings is 1. The predicted octanol–water partition coefficient (Wildman–Crippen LogP) is 1.02. The zero-order chi connectivity index (χ0) is 20.0. The molecular weight excluding hydrogens is 380 g/mol. The molecule has 2 rings (SSSR count). The summed E-state index contributed by atoms with van der Waals surface area (Å²) in [5.41, 5.74) is 2.23. The van der Waals surface area contributed by atoms with E-state index in [0.29, 0.717) is 0 Å². The third-order valence-corrected chi connectivity index (χ3v) is 4.47. The summed E-state index contributed by atoms with van der Waals surface area (Å²) in [6.07, 6.45) is 3.28. The molecule has 0 saturated heterocycles. The predicted molar refractivity (Wildman–Crippen MR) is 92.7 cm³/mol. The lowest BCUT2D eigenvalue weighted by Crippen LogP contribution is -2.41. The Morgan fingerprint density at radius 2 is 1.96 bits per heavy atom. The molecule has 0 unspecified atom stereocenters. The van der Waals surface area contributed by atoms with E-state index in [-0.39, 0.29) is 27.7 Å². The van der Waals surface area contributed by atoms with E-state index in [0.717, 1.165) is 6.08 Å². The van der Waals surface area contributed by atoms with Gasteiger partial charge in [0.2, 0.25) is 0 Å². The number of hydrazine groups is 1. The lowest BCUT2D eigenvalue weighted by Gasteiger charge is -2.15. The maximum absolute atomic E-state index is 12.6. The molecule has 0 bridgehead atoms. The standard InChI is InChI=1S/C16H16N2O8S/c1-24-12-8-10(5-6-14(19)20)9-13(15(12)25-2)27(22,23)18-17-16(21)11-4-3-7-26-11/h3-9,18H,1-2H3,(H,17,21)(H,19,20)/b6-5+. The Bertz CT molecular complexity index is 965. The topological polar surface area (TPSA) is 144 Å². The summed E-state index contributed by atoms with van der Waals surface area (Å²) in [6.45, 7) is 0. The molecule has 11 heteroatoms. The monoisotopic (exact) mass is 396 g/mol. The first-order chi connectivity index (χ1) is 12.8. The van der Waals surface area contributed by atoms with Crippen molar-refractivity contribution in [2.45, 2.75) is 4.90 Å². The molecule has 0 aliphatic heterocycles. The van der Waals surface area contributed by atoms with Crippen LogP contribution in [-0.2, 0) is 14.8 Å². The quantitative estimate of drug-likeness (QED) is 0.443. The number of hydrogen-bond acceptors (Lipinski definition) is 7. The van der Waals surface area contributed by atoms with Crippen LogP contribution in [0.1, 0.15) is 16.1 Å². The number of nitrogens with one attached hydrogen (secondary N) is 2. The van der Waals surface area contributed by atoms with Gasteiger partial charge in [-0.05, 0) is 35.9 Å². The first-order valence-electron chi connectivity index (χ1n) is 7.31. The van der Waals surface area contributed by atoms with Crippen molar-refractivity contribution < 1.29 is 37.0 Å². The molecule has 144 valence electrons. The van der Waals surface area contributed by atoms with Gasteiger partial charge in [0.25, 0.3) is 10.0 Å². The third-order valence-electron chi connectivity index (χ3n) is 3.22. The lowest BCUT2D eigenvalue weighted by molar-refractivity contribution is -0.131. The van der Waals surface area contributed by atoms with Crippen LogP contribution < -0.4 is 19.7 Å². The number of sulfonamides is 1. The Morgan fingerprint density at radius 3 is 2.52 bits per heavy atom. The number of methoxy groups -OCH3 is 2. The zero-order valence-electron chi connectivity index (χ0n) is 14.3. The van der Waals surface area contributed by atoms with Crippen molar-refractivity contribution in [2.75, 3.05) is 14.2 Å². The smallest absolute Gasteiger partial charge is 0.328 e. The van der Waals surface area contributed by atoms with Crippen molar-refractivity contribution in [3.8, 4) is 11.5 Å². The number of aliphatic carboxylic acids is 1. The van der Waals surface area contributed by atoms with E-state index >= 15 is 0 Å². The van der Waals surface area contributed by atoms with Gasteiger partial charge >= 0.3 is 11.9 Å². The summed E-state index contributed by atoms with van der Waals surface area (Å²) in [4.78, 5) is 24.1. The fourth-order valence-electron chi connectivity index (χ4n) is 2.05. The van der Waals surface area contributed by atoms with Gasteiger partial charge in [-0.25, -0.2) is 13.2 Å². The van der Waals surface area contributed by atoms with Gasteiger partial charge in [-0.1, -0.05) is 0 Å². The van der Waals surface area contributed by atoms with E-state index in [4.69, 9.17) is 19.0 Å². The number of carbonyl (C=O) groups excluding carboxylic acids is 1. The molecule has 1 heterocycles. The van der Waals surface area contributed by atoms with Gasteiger partial charge in [0.1, 0.15) is 4.90 Å². The van der Waals surface area contributed by atoms with E-state index in [1.807, 2.05) is 10.3 Å². The Labute approximate surface area is 154 Å². The summed E-state index contributed by atoms with van der Waals surface area (Å²) in [5, 5.41) is 8.74. The highest BCUT2D eigenvalue weighted by atomic mass is 32.2. The number of carboxylic acids is 1. The molecule has 0 spiro atoms. The van der Waals surface area contributed by atoms with Crippen molar-refractivity contribution in [3.63, 3.8) is 0 Å². The second-order valence-corrected chi connectivity index (χ2v) is 6.61. The van der Waals surface area contributed by atoms with E-state index in [1.165, 1.54) is 50.8 Å². The maximum Gasteiger partial charge on any atom is 0.328 e. The number of amides is 1. The molecule has 3 N–H and O–H groups in total. The average molecular weight is 396 g/mol. The Morgan fingerprint density at radius 1 is 1.22 bits per heavy atom. The summed E-state index contributed by atoms with van der Waals surface area (Å²) in [5.74, 6) is -2.18. The summed E-state index contributed by atoms with van der Waals surface area (Å²) in [6, 6.07) is 5.39. The first-order valence-corrected chi connectivity index (χ1v) is 8.79. The van der Waals surface area contributed by atoms with Crippen LogP contribution in [0.3, 0.4) is 0 Å². The van der Waals surface area contributed by atoms with E-state index < -0.39 is 21.9 Å². The van der Waals surface area contributed by atoms with Crippen LogP contribution >= 0.6 is 0 Å². The van der Waals surface area contributed by atoms with Crippen molar-refractivity contribution in [3.05, 3.63) is 47.9 Å². The van der Waals surface area contributed by atoms with Crippen molar-refractivity contribution in [2.24, 2.45) is 0 Å². The summed E-state index contributed by atoms with van der Waals surface area (Å²) < 4.78 is 40.3. The number of carboxylic acid groups (broad SMARTS) is 1. The van der Waals surface area contributed by atoms with Crippen LogP contribution in [0.5, 0.6) is 11.5 Å². The number of benzene rings is 1. The van der Waals surface area contributed by atoms with Crippen LogP contribution in [-0.4, -0.2) is 39.6 Å². The van der Waals surface area contributed by atoms with Gasteiger partial charge in [-0.15, -0.1) is 4.83 Å². The van der Waals surface area contributed by atoms with Crippen molar-refractivity contribution in [1.82, 2.24) is 10.3 Å². The molecule has 0 aliphatic rings. The van der Waals surface area contributed by atoms with Gasteiger partial charge in [0.15, 0.2) is 17.3 Å². The normalized spacial score (nSPS) is 11.3. The molecule has 0 saturated carbocycles. The third kappa shape index (κ3) is 4.86. The Balaban J connectivity index is 2.39. The van der Waals surface area contributed by atoms with Crippen LogP contribution in [0.25, 0.3) is 6.08 Å². The molecule has 1 aromatic heterocycles. The van der Waals surface area contributed by atoms with E-state index in [9.17, 15) is 18.0 Å². The van der Waals surface area contributed by atoms with Crippen molar-refractivity contribution >= 4 is 28.0 Å². The minimum atomic E-state index is -4.29. The molecule has 1 amide bonds. The number of ether oxygens (including phenoxy) is 2. The zero-order valence-corrected chi connectivity index (χ0v) is 15.1. The summed E-state index contributed by atoms with van der Waals surface area (Å²) in [7, 11) is -1.75. The van der Waals surface area contributed by atoms with Crippen LogP contribution in [0.2, 0.25) is 0 Å². The molecule has 0 atom stereocenters. The molecular formula is C16H16N2O8S. The fraction of sp³-hybridized carbons (Fsp3) is 0.125. The van der Waals surface area contributed by atoms with Gasteiger partial charge in [0.05, 0.1) is 20.5 Å². The summed E-state index contributed by atoms with van der Waals surface area (Å²) >= 11 is 0. The second kappa shape index (κ2) is 8.38. The Hall–Kier alpha value is -3.31. The average Bonchev–Trinajstić information content (AvgIpc) is 3.18. The van der Waals surface area contributed by atoms with Gasteiger partial charge in [-0.2, -0.15) is 0 Å². The van der Waals surface area contributed by atoms with Gasteiger partial charge in [0, 0.05) is 6.08 Å².